The second-order valence-electron chi connectivity index (χ2n) is 7.01. The van der Waals surface area contributed by atoms with Crippen LogP contribution in [-0.4, -0.2) is 0 Å². The molecule has 112 valence electrons. The van der Waals surface area contributed by atoms with Gasteiger partial charge in [0.25, 0.3) is 0 Å². The lowest BCUT2D eigenvalue weighted by Crippen LogP contribution is -2.38. The van der Waals surface area contributed by atoms with Crippen molar-refractivity contribution in [1.29, 1.82) is 0 Å². The molecule has 2 heteroatoms. The highest BCUT2D eigenvalue weighted by molar-refractivity contribution is 5.30. The van der Waals surface area contributed by atoms with E-state index in [1.54, 1.807) is 0 Å². The lowest BCUT2D eigenvalue weighted by molar-refractivity contribution is 0.210. The average Bonchev–Trinajstić information content (AvgIpc) is 2.32. The topological polar surface area (TPSA) is 38.0 Å². The van der Waals surface area contributed by atoms with Gasteiger partial charge in [-0.25, -0.2) is 0 Å². The largest absolute Gasteiger partial charge is 0.271 e. The summed E-state index contributed by atoms with van der Waals surface area (Å²) >= 11 is 0. The summed E-state index contributed by atoms with van der Waals surface area (Å²) in [7, 11) is 0. The lowest BCUT2D eigenvalue weighted by atomic mass is 9.75. The Morgan fingerprint density at radius 2 is 1.75 bits per heavy atom. The standard InChI is InChI=1S/C18H30N2/c1-12(2)17(13(3)4)18(20-19)16-10-6-9-15(11-16)14-7-5-8-14/h6,9-14,17-18,20H,5,7-8,19H2,1-4H3. The predicted molar refractivity (Wildman–Crippen MR) is 86.3 cm³/mol. The van der Waals surface area contributed by atoms with Gasteiger partial charge in [0.15, 0.2) is 0 Å². The summed E-state index contributed by atoms with van der Waals surface area (Å²) in [6.45, 7) is 9.19. The molecule has 3 N–H and O–H groups in total. The van der Waals surface area contributed by atoms with E-state index in [2.05, 4.69) is 57.4 Å². The SMILES string of the molecule is CC(C)C(C(C)C)C(NN)c1cccc(C2CCC2)c1. The smallest absolute Gasteiger partial charge is 0.0493 e. The zero-order valence-corrected chi connectivity index (χ0v) is 13.4. The molecule has 1 aromatic rings. The first kappa shape index (κ1) is 15.5. The first-order valence-corrected chi connectivity index (χ1v) is 8.10. The highest BCUT2D eigenvalue weighted by Crippen LogP contribution is 2.39. The van der Waals surface area contributed by atoms with E-state index in [4.69, 9.17) is 5.84 Å². The second kappa shape index (κ2) is 6.73. The number of hydrogen-bond acceptors (Lipinski definition) is 2. The molecule has 1 aromatic carbocycles. The van der Waals surface area contributed by atoms with Gasteiger partial charge in [-0.3, -0.25) is 11.3 Å². The van der Waals surface area contributed by atoms with Crippen LogP contribution in [0.3, 0.4) is 0 Å². The third-order valence-corrected chi connectivity index (χ3v) is 4.95. The molecule has 1 atom stereocenters. The summed E-state index contributed by atoms with van der Waals surface area (Å²) < 4.78 is 0. The van der Waals surface area contributed by atoms with Gasteiger partial charge < -0.3 is 0 Å². The number of hydrazine groups is 1. The fourth-order valence-electron chi connectivity index (χ4n) is 3.72. The summed E-state index contributed by atoms with van der Waals surface area (Å²) in [6.07, 6.45) is 4.08. The monoisotopic (exact) mass is 274 g/mol. The Morgan fingerprint density at radius 1 is 1.10 bits per heavy atom. The molecule has 0 amide bonds. The molecule has 2 nitrogen and oxygen atoms in total. The molecular weight excluding hydrogens is 244 g/mol. The van der Waals surface area contributed by atoms with Gasteiger partial charge in [-0.15, -0.1) is 0 Å². The zero-order chi connectivity index (χ0) is 14.7. The summed E-state index contributed by atoms with van der Waals surface area (Å²) in [5.74, 6) is 8.47. The average molecular weight is 274 g/mol. The minimum absolute atomic E-state index is 0.245. The van der Waals surface area contributed by atoms with Crippen molar-refractivity contribution >= 4 is 0 Å². The third kappa shape index (κ3) is 3.24. The molecule has 0 saturated heterocycles. The summed E-state index contributed by atoms with van der Waals surface area (Å²) in [5, 5.41) is 0. The fourth-order valence-corrected chi connectivity index (χ4v) is 3.72. The predicted octanol–water partition coefficient (Wildman–Crippen LogP) is 4.39. The maximum atomic E-state index is 5.90. The van der Waals surface area contributed by atoms with Crippen LogP contribution >= 0.6 is 0 Å². The van der Waals surface area contributed by atoms with Gasteiger partial charge in [0.1, 0.15) is 0 Å². The van der Waals surface area contributed by atoms with E-state index >= 15 is 0 Å². The summed E-state index contributed by atoms with van der Waals surface area (Å²) in [5.41, 5.74) is 5.93. The van der Waals surface area contributed by atoms with Crippen LogP contribution in [0.4, 0.5) is 0 Å². The van der Waals surface area contributed by atoms with Crippen LogP contribution in [-0.2, 0) is 0 Å². The van der Waals surface area contributed by atoms with Crippen LogP contribution in [0.15, 0.2) is 24.3 Å². The molecule has 2 rings (SSSR count). The molecule has 0 radical (unpaired) electrons. The number of nitrogens with one attached hydrogen (secondary N) is 1. The van der Waals surface area contributed by atoms with Crippen LogP contribution in [0.25, 0.3) is 0 Å². The van der Waals surface area contributed by atoms with Gasteiger partial charge in [0.2, 0.25) is 0 Å². The van der Waals surface area contributed by atoms with E-state index in [0.717, 1.165) is 5.92 Å². The van der Waals surface area contributed by atoms with Crippen molar-refractivity contribution in [1.82, 2.24) is 5.43 Å². The molecule has 0 bridgehead atoms. The van der Waals surface area contributed by atoms with Crippen molar-refractivity contribution < 1.29 is 0 Å². The van der Waals surface area contributed by atoms with Gasteiger partial charge in [-0.2, -0.15) is 0 Å². The van der Waals surface area contributed by atoms with E-state index in [1.165, 1.54) is 30.4 Å². The minimum atomic E-state index is 0.245. The van der Waals surface area contributed by atoms with Crippen LogP contribution in [0.2, 0.25) is 0 Å². The van der Waals surface area contributed by atoms with Gasteiger partial charge in [-0.1, -0.05) is 58.4 Å². The van der Waals surface area contributed by atoms with Crippen molar-refractivity contribution in [2.75, 3.05) is 0 Å². The van der Waals surface area contributed by atoms with E-state index in [0.29, 0.717) is 17.8 Å². The maximum Gasteiger partial charge on any atom is 0.0493 e. The van der Waals surface area contributed by atoms with Gasteiger partial charge in [0.05, 0.1) is 0 Å². The van der Waals surface area contributed by atoms with Crippen molar-refractivity contribution in [3.63, 3.8) is 0 Å². The van der Waals surface area contributed by atoms with E-state index in [9.17, 15) is 0 Å². The molecule has 1 aliphatic carbocycles. The number of hydrogen-bond donors (Lipinski definition) is 2. The van der Waals surface area contributed by atoms with Crippen molar-refractivity contribution in [2.24, 2.45) is 23.6 Å². The molecule has 0 aliphatic heterocycles. The highest BCUT2D eigenvalue weighted by Gasteiger charge is 2.28. The van der Waals surface area contributed by atoms with Crippen molar-refractivity contribution in [3.8, 4) is 0 Å². The molecule has 1 saturated carbocycles. The van der Waals surface area contributed by atoms with E-state index in [1.807, 2.05) is 0 Å². The molecule has 0 heterocycles. The van der Waals surface area contributed by atoms with E-state index in [-0.39, 0.29) is 6.04 Å². The first-order valence-electron chi connectivity index (χ1n) is 8.10. The molecule has 1 fully saturated rings. The fraction of sp³-hybridized carbons (Fsp3) is 0.667. The number of benzene rings is 1. The first-order chi connectivity index (χ1) is 9.54. The van der Waals surface area contributed by atoms with Crippen LogP contribution in [0.5, 0.6) is 0 Å². The Labute approximate surface area is 124 Å². The molecule has 0 spiro atoms. The molecular formula is C18H30N2. The van der Waals surface area contributed by atoms with Gasteiger partial charge in [0, 0.05) is 6.04 Å². The van der Waals surface area contributed by atoms with Crippen molar-refractivity contribution in [2.45, 2.75) is 58.9 Å². The summed E-state index contributed by atoms with van der Waals surface area (Å²) in [6, 6.07) is 9.33. The normalized spacial score (nSPS) is 17.8. The maximum absolute atomic E-state index is 5.90. The Hall–Kier alpha value is -0.860. The lowest BCUT2D eigenvalue weighted by Gasteiger charge is -2.34. The van der Waals surface area contributed by atoms with Crippen LogP contribution in [0.1, 0.15) is 70.0 Å². The van der Waals surface area contributed by atoms with Crippen LogP contribution in [0, 0.1) is 17.8 Å². The summed E-state index contributed by atoms with van der Waals surface area (Å²) in [4.78, 5) is 0. The van der Waals surface area contributed by atoms with Crippen LogP contribution < -0.4 is 11.3 Å². The number of rotatable bonds is 6. The zero-order valence-electron chi connectivity index (χ0n) is 13.4. The number of nitrogens with two attached hydrogens (primary N) is 1. The van der Waals surface area contributed by atoms with Gasteiger partial charge >= 0.3 is 0 Å². The Kier molecular flexibility index (Phi) is 5.22. The van der Waals surface area contributed by atoms with Gasteiger partial charge in [-0.05, 0) is 47.6 Å². The molecule has 0 aromatic heterocycles. The Bertz CT molecular complexity index is 413. The quantitative estimate of drug-likeness (QED) is 0.596. The third-order valence-electron chi connectivity index (χ3n) is 4.95. The Balaban J connectivity index is 2.25. The second-order valence-corrected chi connectivity index (χ2v) is 7.01. The highest BCUT2D eigenvalue weighted by atomic mass is 15.2. The molecule has 1 aliphatic rings. The molecule has 1 unspecified atom stereocenters. The van der Waals surface area contributed by atoms with Crippen molar-refractivity contribution in [3.05, 3.63) is 35.4 Å². The minimum Gasteiger partial charge on any atom is -0.271 e. The molecule has 20 heavy (non-hydrogen) atoms. The van der Waals surface area contributed by atoms with E-state index < -0.39 is 0 Å². The Morgan fingerprint density at radius 3 is 2.20 bits per heavy atom.